The summed E-state index contributed by atoms with van der Waals surface area (Å²) in [5.41, 5.74) is 6.28. The number of pyridine rings is 1. The van der Waals surface area contributed by atoms with E-state index in [1.165, 1.54) is 0 Å². The van der Waals surface area contributed by atoms with Crippen LogP contribution in [0.4, 0.5) is 5.82 Å². The Morgan fingerprint density at radius 1 is 1.38 bits per heavy atom. The van der Waals surface area contributed by atoms with Crippen molar-refractivity contribution < 1.29 is 0 Å². The van der Waals surface area contributed by atoms with Gasteiger partial charge in [-0.25, -0.2) is 4.98 Å². The van der Waals surface area contributed by atoms with Gasteiger partial charge in [0.2, 0.25) is 0 Å². The fourth-order valence-corrected chi connectivity index (χ4v) is 1.23. The lowest BCUT2D eigenvalue weighted by molar-refractivity contribution is 1.01. The molecule has 2 aromatic heterocycles. The molecule has 0 aliphatic rings. The van der Waals surface area contributed by atoms with Gasteiger partial charge in [-0.1, -0.05) is 0 Å². The van der Waals surface area contributed by atoms with Gasteiger partial charge in [-0.3, -0.25) is 0 Å². The molecule has 2 heterocycles. The summed E-state index contributed by atoms with van der Waals surface area (Å²) in [6, 6.07) is 5.97. The van der Waals surface area contributed by atoms with Crippen LogP contribution in [0.15, 0.2) is 24.4 Å². The summed E-state index contributed by atoms with van der Waals surface area (Å²) in [6.07, 6.45) is 1.88. The van der Waals surface area contributed by atoms with Gasteiger partial charge in [0.05, 0.1) is 0 Å². The number of nitrogens with two attached hydrogens (primary N) is 1. The summed E-state index contributed by atoms with van der Waals surface area (Å²) in [6.45, 7) is 1.36. The number of aromatic nitrogens is 2. The Kier molecular flexibility index (Phi) is 2.14. The van der Waals surface area contributed by atoms with Crippen LogP contribution in [0.5, 0.6) is 0 Å². The van der Waals surface area contributed by atoms with E-state index in [2.05, 4.69) is 15.3 Å². The molecule has 4 heteroatoms. The normalized spacial score (nSPS) is 10.5. The van der Waals surface area contributed by atoms with Crippen molar-refractivity contribution in [2.75, 3.05) is 18.4 Å². The summed E-state index contributed by atoms with van der Waals surface area (Å²) in [5.74, 6) is 0.861. The van der Waals surface area contributed by atoms with Crippen molar-refractivity contribution >= 4 is 16.9 Å². The third kappa shape index (κ3) is 1.62. The minimum atomic E-state index is 0.616. The largest absolute Gasteiger partial charge is 0.369 e. The van der Waals surface area contributed by atoms with Gasteiger partial charge in [0.15, 0.2) is 0 Å². The molecule has 0 atom stereocenters. The van der Waals surface area contributed by atoms with Crippen molar-refractivity contribution in [1.82, 2.24) is 9.97 Å². The van der Waals surface area contributed by atoms with Crippen molar-refractivity contribution in [2.24, 2.45) is 5.73 Å². The number of H-pyrrole nitrogens is 1. The molecule has 0 bridgehead atoms. The number of rotatable bonds is 3. The predicted octanol–water partition coefficient (Wildman–Crippen LogP) is 0.933. The van der Waals surface area contributed by atoms with Gasteiger partial charge in [0.25, 0.3) is 0 Å². The highest BCUT2D eigenvalue weighted by atomic mass is 15.0. The molecule has 2 aromatic rings. The third-order valence-electron chi connectivity index (χ3n) is 1.86. The van der Waals surface area contributed by atoms with Gasteiger partial charge in [0.1, 0.15) is 11.5 Å². The SMILES string of the molecule is NCCNc1ccc2cc[nH]c2n1. The number of anilines is 1. The predicted molar refractivity (Wildman–Crippen MR) is 53.6 cm³/mol. The second kappa shape index (κ2) is 3.45. The lowest BCUT2D eigenvalue weighted by atomic mass is 10.3. The molecule has 68 valence electrons. The van der Waals surface area contributed by atoms with Crippen LogP contribution in [-0.2, 0) is 0 Å². The molecule has 0 radical (unpaired) electrons. The molecule has 13 heavy (non-hydrogen) atoms. The van der Waals surface area contributed by atoms with Gasteiger partial charge < -0.3 is 16.0 Å². The van der Waals surface area contributed by atoms with Crippen LogP contribution in [0.1, 0.15) is 0 Å². The lowest BCUT2D eigenvalue weighted by Crippen LogP contribution is -2.13. The second-order valence-electron chi connectivity index (χ2n) is 2.83. The molecular formula is C9H12N4. The number of nitrogens with one attached hydrogen (secondary N) is 2. The zero-order chi connectivity index (χ0) is 9.10. The van der Waals surface area contributed by atoms with Crippen molar-refractivity contribution in [2.45, 2.75) is 0 Å². The summed E-state index contributed by atoms with van der Waals surface area (Å²) in [4.78, 5) is 7.40. The highest BCUT2D eigenvalue weighted by molar-refractivity contribution is 5.77. The third-order valence-corrected chi connectivity index (χ3v) is 1.86. The number of aromatic amines is 1. The van der Waals surface area contributed by atoms with E-state index < -0.39 is 0 Å². The quantitative estimate of drug-likeness (QED) is 0.651. The van der Waals surface area contributed by atoms with Crippen LogP contribution in [0, 0.1) is 0 Å². The fraction of sp³-hybridized carbons (Fsp3) is 0.222. The molecule has 0 aromatic carbocycles. The first-order chi connectivity index (χ1) is 6.40. The van der Waals surface area contributed by atoms with Crippen LogP contribution in [0.3, 0.4) is 0 Å². The fourth-order valence-electron chi connectivity index (χ4n) is 1.23. The number of nitrogens with zero attached hydrogens (tertiary/aromatic N) is 1. The van der Waals surface area contributed by atoms with E-state index >= 15 is 0 Å². The highest BCUT2D eigenvalue weighted by Gasteiger charge is 1.96. The van der Waals surface area contributed by atoms with Crippen LogP contribution in [-0.4, -0.2) is 23.1 Å². The Labute approximate surface area is 76.2 Å². The Balaban J connectivity index is 2.26. The first kappa shape index (κ1) is 8.07. The Morgan fingerprint density at radius 3 is 3.15 bits per heavy atom. The molecule has 0 saturated carbocycles. The molecule has 0 amide bonds. The minimum Gasteiger partial charge on any atom is -0.369 e. The van der Waals surface area contributed by atoms with E-state index in [0.717, 1.165) is 23.4 Å². The average molecular weight is 176 g/mol. The van der Waals surface area contributed by atoms with E-state index in [4.69, 9.17) is 5.73 Å². The van der Waals surface area contributed by atoms with Crippen molar-refractivity contribution in [1.29, 1.82) is 0 Å². The van der Waals surface area contributed by atoms with E-state index in [0.29, 0.717) is 6.54 Å². The molecule has 4 nitrogen and oxygen atoms in total. The maximum absolute atomic E-state index is 5.37. The first-order valence-electron chi connectivity index (χ1n) is 4.28. The van der Waals surface area contributed by atoms with Crippen LogP contribution in [0.2, 0.25) is 0 Å². The maximum atomic E-state index is 5.37. The van der Waals surface area contributed by atoms with Gasteiger partial charge in [-0.15, -0.1) is 0 Å². The Bertz CT molecular complexity index is 393. The zero-order valence-corrected chi connectivity index (χ0v) is 7.25. The summed E-state index contributed by atoms with van der Waals surface area (Å²) in [7, 11) is 0. The lowest BCUT2D eigenvalue weighted by Gasteiger charge is -2.02. The smallest absolute Gasteiger partial charge is 0.139 e. The molecule has 0 spiro atoms. The number of fused-ring (bicyclic) bond motifs is 1. The molecule has 0 saturated heterocycles. The standard InChI is InChI=1S/C9H12N4/c10-4-6-11-8-2-1-7-3-5-12-9(7)13-8/h1-3,5H,4,6,10H2,(H2,11,12,13). The summed E-state index contributed by atoms with van der Waals surface area (Å²) >= 11 is 0. The topological polar surface area (TPSA) is 66.7 Å². The Morgan fingerprint density at radius 2 is 2.31 bits per heavy atom. The number of hydrogen-bond acceptors (Lipinski definition) is 3. The van der Waals surface area contributed by atoms with Gasteiger partial charge in [-0.2, -0.15) is 0 Å². The maximum Gasteiger partial charge on any atom is 0.139 e. The summed E-state index contributed by atoms with van der Waals surface area (Å²) < 4.78 is 0. The van der Waals surface area contributed by atoms with Crippen LogP contribution in [0.25, 0.3) is 11.0 Å². The van der Waals surface area contributed by atoms with E-state index in [1.807, 2.05) is 24.4 Å². The highest BCUT2D eigenvalue weighted by Crippen LogP contribution is 2.12. The molecule has 4 N–H and O–H groups in total. The van der Waals surface area contributed by atoms with Crippen molar-refractivity contribution in [3.8, 4) is 0 Å². The minimum absolute atomic E-state index is 0.616. The molecule has 0 aliphatic carbocycles. The van der Waals surface area contributed by atoms with E-state index in [9.17, 15) is 0 Å². The molecule has 0 fully saturated rings. The number of hydrogen-bond donors (Lipinski definition) is 3. The van der Waals surface area contributed by atoms with Crippen molar-refractivity contribution in [3.05, 3.63) is 24.4 Å². The van der Waals surface area contributed by atoms with Crippen LogP contribution >= 0.6 is 0 Å². The monoisotopic (exact) mass is 176 g/mol. The zero-order valence-electron chi connectivity index (χ0n) is 7.25. The molecule has 0 unspecified atom stereocenters. The second-order valence-corrected chi connectivity index (χ2v) is 2.83. The van der Waals surface area contributed by atoms with Crippen molar-refractivity contribution in [3.63, 3.8) is 0 Å². The molecule has 2 rings (SSSR count). The Hall–Kier alpha value is -1.55. The molecule has 0 aliphatic heterocycles. The average Bonchev–Trinajstić information content (AvgIpc) is 2.61. The van der Waals surface area contributed by atoms with E-state index in [1.54, 1.807) is 0 Å². The summed E-state index contributed by atoms with van der Waals surface area (Å²) in [5, 5.41) is 4.24. The van der Waals surface area contributed by atoms with Gasteiger partial charge in [0, 0.05) is 24.7 Å². The van der Waals surface area contributed by atoms with Crippen LogP contribution < -0.4 is 11.1 Å². The van der Waals surface area contributed by atoms with Gasteiger partial charge >= 0.3 is 0 Å². The van der Waals surface area contributed by atoms with Gasteiger partial charge in [-0.05, 0) is 18.2 Å². The molecular weight excluding hydrogens is 164 g/mol. The van der Waals surface area contributed by atoms with E-state index in [-0.39, 0.29) is 0 Å². The first-order valence-corrected chi connectivity index (χ1v) is 4.28.